The van der Waals surface area contributed by atoms with Crippen LogP contribution in [0.4, 0.5) is 5.82 Å². The molecular formula is C19H29ClN6. The molecule has 0 bridgehead atoms. The minimum absolute atomic E-state index is 0.405. The Morgan fingerprint density at radius 3 is 2.38 bits per heavy atom. The molecule has 0 unspecified atom stereocenters. The van der Waals surface area contributed by atoms with Gasteiger partial charge in [0.2, 0.25) is 0 Å². The van der Waals surface area contributed by atoms with Gasteiger partial charge in [0.1, 0.15) is 0 Å². The Bertz CT molecular complexity index is 751. The lowest BCUT2D eigenvalue weighted by molar-refractivity contribution is 0.269. The van der Waals surface area contributed by atoms with Crippen LogP contribution in [-0.2, 0) is 6.54 Å². The van der Waals surface area contributed by atoms with E-state index in [9.17, 15) is 0 Å². The van der Waals surface area contributed by atoms with Gasteiger partial charge in [-0.3, -0.25) is 4.68 Å². The van der Waals surface area contributed by atoms with Gasteiger partial charge in [-0.25, -0.2) is 0 Å². The van der Waals surface area contributed by atoms with Crippen molar-refractivity contribution in [1.29, 1.82) is 0 Å². The average Bonchev–Trinajstić information content (AvgIpc) is 2.91. The summed E-state index contributed by atoms with van der Waals surface area (Å²) in [4.78, 5) is 4.44. The second-order valence-electron chi connectivity index (χ2n) is 6.77. The smallest absolute Gasteiger partial charge is 0.154 e. The standard InChI is InChI=1S/C19H29ClN6/c1-14-16(17(20)18(21)15-8-6-5-7-9-15)19(22)23-26(14)13-12-25(4)11-10-24(2)3/h5-9H,10-13,21H2,1-4H3,(H2,22,23)/b18-17+. The second-order valence-corrected chi connectivity index (χ2v) is 7.15. The summed E-state index contributed by atoms with van der Waals surface area (Å²) in [5.41, 5.74) is 15.4. The highest BCUT2D eigenvalue weighted by molar-refractivity contribution is 6.53. The largest absolute Gasteiger partial charge is 0.397 e. The van der Waals surface area contributed by atoms with Gasteiger partial charge in [0.25, 0.3) is 0 Å². The van der Waals surface area contributed by atoms with Crippen molar-refractivity contribution in [1.82, 2.24) is 19.6 Å². The molecule has 0 spiro atoms. The Morgan fingerprint density at radius 1 is 1.12 bits per heavy atom. The van der Waals surface area contributed by atoms with Gasteiger partial charge in [0.15, 0.2) is 5.82 Å². The number of nitrogens with zero attached hydrogens (tertiary/aromatic N) is 4. The van der Waals surface area contributed by atoms with Crippen molar-refractivity contribution in [2.24, 2.45) is 5.73 Å². The zero-order valence-electron chi connectivity index (χ0n) is 16.0. The van der Waals surface area contributed by atoms with Crippen LogP contribution < -0.4 is 11.5 Å². The lowest BCUT2D eigenvalue weighted by atomic mass is 10.1. The third-order valence-electron chi connectivity index (χ3n) is 4.40. The molecule has 26 heavy (non-hydrogen) atoms. The summed E-state index contributed by atoms with van der Waals surface area (Å²) in [5.74, 6) is 0.405. The molecule has 0 amide bonds. The number of anilines is 1. The molecule has 0 saturated heterocycles. The number of aromatic nitrogens is 2. The van der Waals surface area contributed by atoms with Gasteiger partial charge in [-0.1, -0.05) is 41.9 Å². The van der Waals surface area contributed by atoms with Gasteiger partial charge < -0.3 is 21.3 Å². The predicted octanol–water partition coefficient (Wildman–Crippen LogP) is 2.29. The molecule has 0 aliphatic carbocycles. The normalized spacial score (nSPS) is 12.7. The molecule has 7 heteroatoms. The van der Waals surface area contributed by atoms with Gasteiger partial charge in [-0.05, 0) is 33.6 Å². The fourth-order valence-electron chi connectivity index (χ4n) is 2.69. The minimum atomic E-state index is 0.405. The van der Waals surface area contributed by atoms with Crippen molar-refractivity contribution in [2.45, 2.75) is 13.5 Å². The maximum atomic E-state index is 6.57. The van der Waals surface area contributed by atoms with Crippen LogP contribution in [0.3, 0.4) is 0 Å². The van der Waals surface area contributed by atoms with Gasteiger partial charge in [0, 0.05) is 25.3 Å². The molecule has 1 aromatic heterocycles. The number of hydrogen-bond donors (Lipinski definition) is 2. The van der Waals surface area contributed by atoms with E-state index in [0.29, 0.717) is 22.1 Å². The van der Waals surface area contributed by atoms with Crippen molar-refractivity contribution >= 4 is 28.1 Å². The van der Waals surface area contributed by atoms with E-state index in [-0.39, 0.29) is 0 Å². The monoisotopic (exact) mass is 376 g/mol. The Hall–Kier alpha value is -2.02. The highest BCUT2D eigenvalue weighted by Gasteiger charge is 2.18. The fourth-order valence-corrected chi connectivity index (χ4v) is 3.03. The number of nitrogens with two attached hydrogens (primary N) is 2. The summed E-state index contributed by atoms with van der Waals surface area (Å²) in [6.45, 7) is 5.61. The number of benzene rings is 1. The molecule has 2 aromatic rings. The van der Waals surface area contributed by atoms with Crippen LogP contribution in [-0.4, -0.2) is 60.4 Å². The average molecular weight is 377 g/mol. The Labute approximate surface area is 161 Å². The van der Waals surface area contributed by atoms with Crippen LogP contribution in [0, 0.1) is 6.92 Å². The van der Waals surface area contributed by atoms with Gasteiger partial charge in [-0.15, -0.1) is 0 Å². The molecule has 0 radical (unpaired) electrons. The quantitative estimate of drug-likeness (QED) is 0.739. The van der Waals surface area contributed by atoms with E-state index in [1.54, 1.807) is 0 Å². The van der Waals surface area contributed by atoms with Crippen LogP contribution in [0.5, 0.6) is 0 Å². The molecule has 0 aliphatic rings. The number of nitrogen functional groups attached to an aromatic ring is 1. The third-order valence-corrected chi connectivity index (χ3v) is 4.79. The number of hydrogen-bond acceptors (Lipinski definition) is 5. The first-order valence-electron chi connectivity index (χ1n) is 8.68. The molecule has 1 aromatic carbocycles. The van der Waals surface area contributed by atoms with Gasteiger partial charge >= 0.3 is 0 Å². The van der Waals surface area contributed by atoms with Crippen LogP contribution in [0.1, 0.15) is 16.8 Å². The van der Waals surface area contributed by atoms with E-state index >= 15 is 0 Å². The Balaban J connectivity index is 2.17. The second kappa shape index (κ2) is 9.07. The first-order chi connectivity index (χ1) is 12.3. The van der Waals surface area contributed by atoms with Gasteiger partial charge in [0.05, 0.1) is 22.8 Å². The molecule has 6 nitrogen and oxygen atoms in total. The Morgan fingerprint density at radius 2 is 1.77 bits per heavy atom. The van der Waals surface area contributed by atoms with E-state index in [1.165, 1.54) is 0 Å². The van der Waals surface area contributed by atoms with Crippen LogP contribution >= 0.6 is 11.6 Å². The zero-order chi connectivity index (χ0) is 19.3. The molecule has 4 N–H and O–H groups in total. The van der Waals surface area contributed by atoms with Crippen LogP contribution in [0.15, 0.2) is 30.3 Å². The zero-order valence-corrected chi connectivity index (χ0v) is 16.8. The molecular weight excluding hydrogens is 348 g/mol. The van der Waals surface area contributed by atoms with E-state index in [0.717, 1.165) is 37.4 Å². The highest BCUT2D eigenvalue weighted by atomic mass is 35.5. The minimum Gasteiger partial charge on any atom is -0.397 e. The van der Waals surface area contributed by atoms with Crippen LogP contribution in [0.2, 0.25) is 0 Å². The number of halogens is 1. The van der Waals surface area contributed by atoms with E-state index in [1.807, 2.05) is 41.9 Å². The van der Waals surface area contributed by atoms with Crippen LogP contribution in [0.25, 0.3) is 10.7 Å². The molecule has 0 aliphatic heterocycles. The van der Waals surface area contributed by atoms with Crippen molar-refractivity contribution in [3.05, 3.63) is 47.2 Å². The lowest BCUT2D eigenvalue weighted by Gasteiger charge is -2.19. The third kappa shape index (κ3) is 5.00. The first-order valence-corrected chi connectivity index (χ1v) is 9.06. The molecule has 2 rings (SSSR count). The highest BCUT2D eigenvalue weighted by Crippen LogP contribution is 2.32. The molecule has 1 heterocycles. The molecule has 0 fully saturated rings. The van der Waals surface area contributed by atoms with Crippen molar-refractivity contribution in [3.63, 3.8) is 0 Å². The first kappa shape index (κ1) is 20.3. The topological polar surface area (TPSA) is 76.3 Å². The molecule has 0 saturated carbocycles. The summed E-state index contributed by atoms with van der Waals surface area (Å²) >= 11 is 6.57. The predicted molar refractivity (Wildman–Crippen MR) is 111 cm³/mol. The lowest BCUT2D eigenvalue weighted by Crippen LogP contribution is -2.31. The summed E-state index contributed by atoms with van der Waals surface area (Å²) < 4.78 is 1.90. The van der Waals surface area contributed by atoms with E-state index in [4.69, 9.17) is 23.1 Å². The van der Waals surface area contributed by atoms with Crippen molar-refractivity contribution in [3.8, 4) is 0 Å². The maximum Gasteiger partial charge on any atom is 0.154 e. The van der Waals surface area contributed by atoms with E-state index in [2.05, 4.69) is 36.0 Å². The summed E-state index contributed by atoms with van der Waals surface area (Å²) in [7, 11) is 6.25. The van der Waals surface area contributed by atoms with E-state index < -0.39 is 0 Å². The van der Waals surface area contributed by atoms with Crippen molar-refractivity contribution in [2.75, 3.05) is 46.5 Å². The summed E-state index contributed by atoms with van der Waals surface area (Å²) in [6, 6.07) is 9.64. The summed E-state index contributed by atoms with van der Waals surface area (Å²) in [6.07, 6.45) is 0. The van der Waals surface area contributed by atoms with Gasteiger partial charge in [-0.2, -0.15) is 5.10 Å². The molecule has 142 valence electrons. The maximum absolute atomic E-state index is 6.57. The summed E-state index contributed by atoms with van der Waals surface area (Å²) in [5, 5.41) is 4.90. The number of likely N-dealkylation sites (N-methyl/N-ethyl adjacent to an activating group) is 2. The SMILES string of the molecule is Cc1c(/C(Cl)=C(\N)c2ccccc2)c(N)nn1CCN(C)CCN(C)C. The fraction of sp³-hybridized carbons (Fsp3) is 0.421. The Kier molecular flexibility index (Phi) is 7.08. The molecule has 0 atom stereocenters. The number of rotatable bonds is 8. The van der Waals surface area contributed by atoms with Crippen molar-refractivity contribution < 1.29 is 0 Å².